The fourth-order valence-corrected chi connectivity index (χ4v) is 3.61. The molecule has 2 heterocycles. The van der Waals surface area contributed by atoms with Gasteiger partial charge in [0.2, 0.25) is 11.8 Å². The van der Waals surface area contributed by atoms with Gasteiger partial charge in [-0.15, -0.1) is 0 Å². The first-order valence-electron chi connectivity index (χ1n) is 8.80. The van der Waals surface area contributed by atoms with Gasteiger partial charge < -0.3 is 15.0 Å². The van der Waals surface area contributed by atoms with Gasteiger partial charge in [-0.3, -0.25) is 9.59 Å². The lowest BCUT2D eigenvalue weighted by Crippen LogP contribution is -2.37. The number of rotatable bonds is 3. The van der Waals surface area contributed by atoms with Crippen LogP contribution in [0.5, 0.6) is 5.75 Å². The van der Waals surface area contributed by atoms with E-state index in [1.807, 2.05) is 24.3 Å². The Morgan fingerprint density at radius 3 is 2.67 bits per heavy atom. The molecule has 2 aromatic rings. The van der Waals surface area contributed by atoms with Crippen LogP contribution in [0.2, 0.25) is 0 Å². The number of anilines is 1. The lowest BCUT2D eigenvalue weighted by Gasteiger charge is -2.27. The first-order valence-corrected chi connectivity index (χ1v) is 8.80. The molecule has 7 heteroatoms. The average molecular weight is 372 g/mol. The number of nitrogens with zero attached hydrogens (tertiary/aromatic N) is 1. The summed E-state index contributed by atoms with van der Waals surface area (Å²) < 4.78 is 32.5. The van der Waals surface area contributed by atoms with Crippen molar-refractivity contribution in [3.63, 3.8) is 0 Å². The van der Waals surface area contributed by atoms with Crippen molar-refractivity contribution in [1.82, 2.24) is 5.32 Å². The highest BCUT2D eigenvalue weighted by Crippen LogP contribution is 2.33. The molecule has 1 N–H and O–H groups in total. The Morgan fingerprint density at radius 1 is 1.15 bits per heavy atom. The third kappa shape index (κ3) is 3.49. The van der Waals surface area contributed by atoms with Crippen molar-refractivity contribution < 1.29 is 23.1 Å². The van der Waals surface area contributed by atoms with Gasteiger partial charge >= 0.3 is 0 Å². The van der Waals surface area contributed by atoms with Crippen LogP contribution in [0.25, 0.3) is 0 Å². The summed E-state index contributed by atoms with van der Waals surface area (Å²) >= 11 is 0. The van der Waals surface area contributed by atoms with Gasteiger partial charge in [-0.2, -0.15) is 0 Å². The predicted octanol–water partition coefficient (Wildman–Crippen LogP) is 2.96. The number of nitrogens with one attached hydrogen (secondary N) is 1. The van der Waals surface area contributed by atoms with Gasteiger partial charge in [0.25, 0.3) is 0 Å². The van der Waals surface area contributed by atoms with E-state index in [0.717, 1.165) is 29.5 Å². The highest BCUT2D eigenvalue weighted by Gasteiger charge is 2.36. The molecule has 0 bridgehead atoms. The Kier molecular flexibility index (Phi) is 4.51. The van der Waals surface area contributed by atoms with E-state index < -0.39 is 17.6 Å². The lowest BCUT2D eigenvalue weighted by atomic mass is 9.99. The maximum atomic E-state index is 13.4. The number of benzene rings is 2. The van der Waals surface area contributed by atoms with E-state index >= 15 is 0 Å². The third-order valence-electron chi connectivity index (χ3n) is 4.93. The van der Waals surface area contributed by atoms with Crippen LogP contribution in [-0.4, -0.2) is 25.0 Å². The van der Waals surface area contributed by atoms with Crippen LogP contribution in [-0.2, 0) is 9.59 Å². The summed E-state index contributed by atoms with van der Waals surface area (Å²) in [7, 11) is 0. The fraction of sp³-hybridized carbons (Fsp3) is 0.300. The number of hydrogen-bond donors (Lipinski definition) is 1. The standard InChI is InChI=1S/C20H18F2N2O3/c21-13-8-14(22)10-15(9-13)24-11-12(7-19(24)25)20(26)23-17-5-6-27-18-4-2-1-3-16(17)18/h1-4,8-10,12,17H,5-7,11H2,(H,23,26). The summed E-state index contributed by atoms with van der Waals surface area (Å²) in [6.07, 6.45) is 0.650. The number of fused-ring (bicyclic) bond motifs is 1. The molecule has 1 fully saturated rings. The smallest absolute Gasteiger partial charge is 0.227 e. The SMILES string of the molecule is O=C(NC1CCOc2ccccc21)C1CC(=O)N(c2cc(F)cc(F)c2)C1. The van der Waals surface area contributed by atoms with Gasteiger partial charge in [0.15, 0.2) is 0 Å². The number of hydrogen-bond acceptors (Lipinski definition) is 3. The molecule has 0 radical (unpaired) electrons. The Hall–Kier alpha value is -2.96. The first-order chi connectivity index (χ1) is 13.0. The van der Waals surface area contributed by atoms with Crippen LogP contribution in [0.4, 0.5) is 14.5 Å². The van der Waals surface area contributed by atoms with E-state index in [9.17, 15) is 18.4 Å². The fourth-order valence-electron chi connectivity index (χ4n) is 3.61. The molecule has 27 heavy (non-hydrogen) atoms. The molecule has 2 unspecified atom stereocenters. The quantitative estimate of drug-likeness (QED) is 0.901. The second-order valence-corrected chi connectivity index (χ2v) is 6.77. The summed E-state index contributed by atoms with van der Waals surface area (Å²) in [5, 5.41) is 2.99. The molecule has 5 nitrogen and oxygen atoms in total. The van der Waals surface area contributed by atoms with E-state index in [0.29, 0.717) is 13.0 Å². The van der Waals surface area contributed by atoms with Crippen molar-refractivity contribution in [2.75, 3.05) is 18.1 Å². The molecule has 0 saturated carbocycles. The zero-order valence-corrected chi connectivity index (χ0v) is 14.5. The molecule has 1 saturated heterocycles. The molecular weight excluding hydrogens is 354 g/mol. The molecule has 2 aliphatic heterocycles. The number of carbonyl (C=O) groups is 2. The van der Waals surface area contributed by atoms with Crippen molar-refractivity contribution in [3.8, 4) is 5.75 Å². The number of ether oxygens (including phenoxy) is 1. The van der Waals surface area contributed by atoms with Gasteiger partial charge in [-0.1, -0.05) is 18.2 Å². The zero-order chi connectivity index (χ0) is 19.0. The molecule has 0 aliphatic carbocycles. The largest absolute Gasteiger partial charge is 0.493 e. The minimum Gasteiger partial charge on any atom is -0.493 e. The van der Waals surface area contributed by atoms with E-state index in [4.69, 9.17) is 4.74 Å². The molecular formula is C20H18F2N2O3. The van der Waals surface area contributed by atoms with Gasteiger partial charge in [-0.25, -0.2) is 8.78 Å². The number of halogens is 2. The van der Waals surface area contributed by atoms with Crippen LogP contribution in [0, 0.1) is 17.6 Å². The van der Waals surface area contributed by atoms with Gasteiger partial charge in [0.05, 0.1) is 18.6 Å². The molecule has 2 aromatic carbocycles. The Balaban J connectivity index is 1.47. The van der Waals surface area contributed by atoms with Crippen molar-refractivity contribution in [2.24, 2.45) is 5.92 Å². The molecule has 2 atom stereocenters. The average Bonchev–Trinajstić information content (AvgIpc) is 3.03. The molecule has 0 aromatic heterocycles. The Morgan fingerprint density at radius 2 is 1.89 bits per heavy atom. The van der Waals surface area contributed by atoms with Gasteiger partial charge in [-0.05, 0) is 18.2 Å². The van der Waals surface area contributed by atoms with Crippen molar-refractivity contribution in [2.45, 2.75) is 18.9 Å². The van der Waals surface area contributed by atoms with Crippen molar-refractivity contribution >= 4 is 17.5 Å². The normalized spacial score (nSPS) is 21.6. The highest BCUT2D eigenvalue weighted by atomic mass is 19.1. The van der Waals surface area contributed by atoms with Crippen molar-refractivity contribution in [1.29, 1.82) is 0 Å². The minimum atomic E-state index is -0.760. The summed E-state index contributed by atoms with van der Waals surface area (Å²) in [5.41, 5.74) is 1.04. The van der Waals surface area contributed by atoms with E-state index in [1.54, 1.807) is 0 Å². The number of carbonyl (C=O) groups excluding carboxylic acids is 2. The van der Waals surface area contributed by atoms with Gasteiger partial charge in [0, 0.05) is 36.7 Å². The minimum absolute atomic E-state index is 0.00876. The predicted molar refractivity (Wildman–Crippen MR) is 94.3 cm³/mol. The van der Waals surface area contributed by atoms with E-state index in [1.165, 1.54) is 4.90 Å². The van der Waals surface area contributed by atoms with E-state index in [-0.39, 0.29) is 36.5 Å². The maximum Gasteiger partial charge on any atom is 0.227 e. The Labute approximate surface area is 154 Å². The second kappa shape index (κ2) is 6.98. The Bertz CT molecular complexity index is 882. The highest BCUT2D eigenvalue weighted by molar-refractivity contribution is 6.00. The molecule has 4 rings (SSSR count). The van der Waals surface area contributed by atoms with Gasteiger partial charge in [0.1, 0.15) is 17.4 Å². The maximum absolute atomic E-state index is 13.4. The van der Waals surface area contributed by atoms with Crippen LogP contribution in [0.1, 0.15) is 24.4 Å². The van der Waals surface area contributed by atoms with Crippen molar-refractivity contribution in [3.05, 3.63) is 59.7 Å². The summed E-state index contributed by atoms with van der Waals surface area (Å²) in [6.45, 7) is 0.596. The lowest BCUT2D eigenvalue weighted by molar-refractivity contribution is -0.127. The monoisotopic (exact) mass is 372 g/mol. The molecule has 0 spiro atoms. The summed E-state index contributed by atoms with van der Waals surface area (Å²) in [4.78, 5) is 26.2. The summed E-state index contributed by atoms with van der Waals surface area (Å²) in [5.74, 6) is -1.92. The molecule has 2 amide bonds. The first kappa shape index (κ1) is 17.5. The zero-order valence-electron chi connectivity index (χ0n) is 14.5. The van der Waals surface area contributed by atoms with Crippen LogP contribution < -0.4 is 15.0 Å². The molecule has 140 valence electrons. The topological polar surface area (TPSA) is 58.6 Å². The van der Waals surface area contributed by atoms with Crippen LogP contribution in [0.3, 0.4) is 0 Å². The van der Waals surface area contributed by atoms with Crippen LogP contribution in [0.15, 0.2) is 42.5 Å². The third-order valence-corrected chi connectivity index (χ3v) is 4.93. The van der Waals surface area contributed by atoms with E-state index in [2.05, 4.69) is 5.32 Å². The van der Waals surface area contributed by atoms with Crippen LogP contribution >= 0.6 is 0 Å². The summed E-state index contributed by atoms with van der Waals surface area (Å²) in [6, 6.07) is 10.3. The number of para-hydroxylation sites is 1. The molecule has 2 aliphatic rings. The second-order valence-electron chi connectivity index (χ2n) is 6.77. The number of amides is 2.